The molecule has 0 saturated carbocycles. The molecule has 2 aromatic rings. The van der Waals surface area contributed by atoms with E-state index in [2.05, 4.69) is 32.0 Å². The molecule has 0 saturated heterocycles. The predicted molar refractivity (Wildman–Crippen MR) is 172 cm³/mol. The Balaban J connectivity index is 0.00000840. The van der Waals surface area contributed by atoms with Crippen LogP contribution in [0.4, 0.5) is 0 Å². The van der Waals surface area contributed by atoms with Crippen LogP contribution in [0.3, 0.4) is 0 Å². The Bertz CT molecular complexity index is 1030. The molecule has 2 rings (SSSR count). The van der Waals surface area contributed by atoms with Gasteiger partial charge >= 0.3 is 51.4 Å². The number of hydrogen-bond acceptors (Lipinski definition) is 3. The van der Waals surface area contributed by atoms with E-state index in [0.717, 1.165) is 36.5 Å². The molecule has 0 aromatic heterocycles. The maximum Gasteiger partial charge on any atom is 1.00 e. The molecule has 0 amide bonds. The first-order valence-electron chi connectivity index (χ1n) is 17.0. The summed E-state index contributed by atoms with van der Waals surface area (Å²) in [5.74, 6) is 0. The summed E-state index contributed by atoms with van der Waals surface area (Å²) in [4.78, 5) is -0.0149. The van der Waals surface area contributed by atoms with Crippen LogP contribution in [-0.4, -0.2) is 13.0 Å². The van der Waals surface area contributed by atoms with Gasteiger partial charge in [-0.3, -0.25) is 0 Å². The minimum absolute atomic E-state index is 0. The van der Waals surface area contributed by atoms with Crippen LogP contribution in [0.1, 0.15) is 166 Å². The largest absolute Gasteiger partial charge is 1.00 e. The van der Waals surface area contributed by atoms with Crippen molar-refractivity contribution in [2.24, 2.45) is 0 Å². The molecule has 2 aromatic carbocycles. The standard InChI is InChI=1S/C36H60O3S.K/c1-3-5-7-9-11-13-15-17-19-21-23-25-32-27-28-33-30-34(36(40(37,38)39)31-35(33)29-32)26-24-22-20-18-16-14-12-10-8-6-4-2;/h27-31H,3-26H2,1-2H3,(H,37,38,39);/q;+1/p-1. The summed E-state index contributed by atoms with van der Waals surface area (Å²) in [5.41, 5.74) is 1.92. The van der Waals surface area contributed by atoms with Gasteiger partial charge in [0, 0.05) is 0 Å². The van der Waals surface area contributed by atoms with Gasteiger partial charge in [-0.1, -0.05) is 160 Å². The number of hydrogen-bond donors (Lipinski definition) is 0. The van der Waals surface area contributed by atoms with Crippen molar-refractivity contribution >= 4 is 20.9 Å². The van der Waals surface area contributed by atoms with Gasteiger partial charge in [0.2, 0.25) is 0 Å². The first-order chi connectivity index (χ1) is 19.5. The molecule has 0 aliphatic carbocycles. The van der Waals surface area contributed by atoms with Gasteiger partial charge in [-0.15, -0.1) is 0 Å². The summed E-state index contributed by atoms with van der Waals surface area (Å²) >= 11 is 0. The summed E-state index contributed by atoms with van der Waals surface area (Å²) < 4.78 is 36.3. The van der Waals surface area contributed by atoms with E-state index in [1.54, 1.807) is 6.07 Å². The van der Waals surface area contributed by atoms with Crippen LogP contribution >= 0.6 is 0 Å². The van der Waals surface area contributed by atoms with Crippen LogP contribution in [0.25, 0.3) is 10.8 Å². The molecule has 0 heterocycles. The second kappa shape index (κ2) is 24.6. The van der Waals surface area contributed by atoms with E-state index in [4.69, 9.17) is 0 Å². The third kappa shape index (κ3) is 18.0. The molecule has 0 N–H and O–H groups in total. The first kappa shape index (κ1) is 39.3. The fourth-order valence-electron chi connectivity index (χ4n) is 5.93. The van der Waals surface area contributed by atoms with Crippen LogP contribution in [0, 0.1) is 0 Å². The van der Waals surface area contributed by atoms with Crippen LogP contribution in [0.2, 0.25) is 0 Å². The van der Waals surface area contributed by atoms with E-state index in [-0.39, 0.29) is 56.3 Å². The SMILES string of the molecule is CCCCCCCCCCCCCc1ccc2cc(CCCCCCCCCCCCC)c(S(=O)(=O)[O-])cc2c1.[K+]. The van der Waals surface area contributed by atoms with Crippen molar-refractivity contribution in [1.82, 2.24) is 0 Å². The Hall–Kier alpha value is 0.246. The minimum Gasteiger partial charge on any atom is -0.744 e. The molecule has 0 spiro atoms. The molecule has 0 aliphatic rings. The molecule has 0 fully saturated rings. The van der Waals surface area contributed by atoms with Gasteiger partial charge in [0.1, 0.15) is 10.1 Å². The van der Waals surface area contributed by atoms with Gasteiger partial charge in [0.15, 0.2) is 0 Å². The van der Waals surface area contributed by atoms with Gasteiger partial charge in [0.25, 0.3) is 0 Å². The average Bonchev–Trinajstić information content (AvgIpc) is 2.93. The third-order valence-corrected chi connectivity index (χ3v) is 9.39. The van der Waals surface area contributed by atoms with Crippen molar-refractivity contribution in [2.75, 3.05) is 0 Å². The molecule has 5 heteroatoms. The third-order valence-electron chi connectivity index (χ3n) is 8.47. The topological polar surface area (TPSA) is 57.2 Å². The van der Waals surface area contributed by atoms with Crippen molar-refractivity contribution < 1.29 is 64.4 Å². The minimum atomic E-state index is -4.49. The summed E-state index contributed by atoms with van der Waals surface area (Å²) in [6.45, 7) is 4.52. The van der Waals surface area contributed by atoms with Crippen LogP contribution in [-0.2, 0) is 23.0 Å². The molecule has 3 nitrogen and oxygen atoms in total. The molecule has 228 valence electrons. The molecular weight excluding hydrogens is 552 g/mol. The molecule has 41 heavy (non-hydrogen) atoms. The summed E-state index contributed by atoms with van der Waals surface area (Å²) in [7, 11) is -4.49. The predicted octanol–water partition coefficient (Wildman–Crippen LogP) is 8.45. The van der Waals surface area contributed by atoms with Gasteiger partial charge in [-0.05, 0) is 59.7 Å². The van der Waals surface area contributed by atoms with Gasteiger partial charge in [-0.2, -0.15) is 0 Å². The van der Waals surface area contributed by atoms with E-state index in [9.17, 15) is 13.0 Å². The van der Waals surface area contributed by atoms with Gasteiger partial charge in [-0.25, -0.2) is 8.42 Å². The zero-order chi connectivity index (χ0) is 28.9. The quantitative estimate of drug-likeness (QED) is 0.0644. The van der Waals surface area contributed by atoms with E-state index in [0.29, 0.717) is 12.0 Å². The summed E-state index contributed by atoms with van der Waals surface area (Å²) in [6.07, 6.45) is 30.1. The van der Waals surface area contributed by atoms with Crippen molar-refractivity contribution in [3.05, 3.63) is 41.5 Å². The maximum absolute atomic E-state index is 12.1. The molecular formula is C36H59KO3S. The van der Waals surface area contributed by atoms with Crippen molar-refractivity contribution in [3.63, 3.8) is 0 Å². The van der Waals surface area contributed by atoms with E-state index >= 15 is 0 Å². The number of aryl methyl sites for hydroxylation is 2. The molecule has 0 unspecified atom stereocenters. The van der Waals surface area contributed by atoms with Gasteiger partial charge in [0.05, 0.1) is 4.90 Å². The number of rotatable bonds is 25. The molecule has 0 atom stereocenters. The first-order valence-corrected chi connectivity index (χ1v) is 18.4. The normalized spacial score (nSPS) is 11.7. The molecule has 0 radical (unpaired) electrons. The van der Waals surface area contributed by atoms with Crippen LogP contribution in [0.5, 0.6) is 0 Å². The molecule has 0 bridgehead atoms. The Morgan fingerprint density at radius 3 is 1.37 bits per heavy atom. The summed E-state index contributed by atoms with van der Waals surface area (Å²) in [6, 6.07) is 9.95. The Morgan fingerprint density at radius 2 is 0.927 bits per heavy atom. The van der Waals surface area contributed by atoms with Gasteiger partial charge < -0.3 is 4.55 Å². The fourth-order valence-corrected chi connectivity index (χ4v) is 6.68. The van der Waals surface area contributed by atoms with Crippen molar-refractivity contribution in [3.8, 4) is 0 Å². The molecule has 0 aliphatic heterocycles. The monoisotopic (exact) mass is 610 g/mol. The smallest absolute Gasteiger partial charge is 0.744 e. The Labute approximate surface area is 296 Å². The second-order valence-corrected chi connectivity index (χ2v) is 13.5. The van der Waals surface area contributed by atoms with E-state index in [1.165, 1.54) is 128 Å². The average molecular weight is 611 g/mol. The number of benzene rings is 2. The van der Waals surface area contributed by atoms with E-state index in [1.807, 2.05) is 6.07 Å². The Kier molecular flexibility index (Phi) is 23.5. The fraction of sp³-hybridized carbons (Fsp3) is 0.722. The van der Waals surface area contributed by atoms with Crippen molar-refractivity contribution in [1.29, 1.82) is 0 Å². The second-order valence-electron chi connectivity index (χ2n) is 12.2. The Morgan fingerprint density at radius 1 is 0.512 bits per heavy atom. The van der Waals surface area contributed by atoms with E-state index < -0.39 is 10.1 Å². The zero-order valence-corrected chi connectivity index (χ0v) is 30.9. The number of fused-ring (bicyclic) bond motifs is 1. The summed E-state index contributed by atoms with van der Waals surface area (Å²) in [5, 5.41) is 1.91. The van der Waals surface area contributed by atoms with Crippen LogP contribution in [0.15, 0.2) is 35.2 Å². The van der Waals surface area contributed by atoms with Crippen molar-refractivity contribution in [2.45, 2.75) is 173 Å². The maximum atomic E-state index is 12.1. The zero-order valence-electron chi connectivity index (χ0n) is 27.0. The number of unbranched alkanes of at least 4 members (excludes halogenated alkanes) is 20. The van der Waals surface area contributed by atoms with Crippen LogP contribution < -0.4 is 51.4 Å².